The van der Waals surface area contributed by atoms with Gasteiger partial charge in [-0.05, 0) is 30.3 Å². The van der Waals surface area contributed by atoms with Crippen molar-refractivity contribution in [3.8, 4) is 11.4 Å². The first-order valence-electron chi connectivity index (χ1n) is 5.87. The van der Waals surface area contributed by atoms with Gasteiger partial charge in [0, 0.05) is 16.1 Å². The molecule has 0 saturated heterocycles. The maximum Gasteiger partial charge on any atom is 0.274 e. The number of aromatic amines is 1. The number of carbonyl (C=O) groups excluding carboxylic acids is 1. The molecule has 0 radical (unpaired) electrons. The fourth-order valence-electron chi connectivity index (χ4n) is 1.99. The van der Waals surface area contributed by atoms with Crippen molar-refractivity contribution in [3.05, 3.63) is 53.1 Å². The molecule has 1 aromatic heterocycles. The van der Waals surface area contributed by atoms with Crippen LogP contribution in [0.3, 0.4) is 0 Å². The molecular formula is C14H10ClN3O2. The van der Waals surface area contributed by atoms with Crippen LogP contribution in [0, 0.1) is 0 Å². The number of hydroxylamine groups is 1. The van der Waals surface area contributed by atoms with Crippen molar-refractivity contribution in [1.82, 2.24) is 15.4 Å². The largest absolute Gasteiger partial charge is 0.338 e. The van der Waals surface area contributed by atoms with Crippen LogP contribution in [0.1, 0.15) is 10.4 Å². The van der Waals surface area contributed by atoms with Gasteiger partial charge in [0.2, 0.25) is 0 Å². The standard InChI is InChI=1S/C14H10ClN3O2/c15-10-3-1-2-8(6-10)13-16-11-5-4-9(14(19)18-20)7-12(11)17-13/h1-7,20H,(H,16,17)(H,18,19). The number of fused-ring (bicyclic) bond motifs is 1. The summed E-state index contributed by atoms with van der Waals surface area (Å²) in [5.41, 5.74) is 4.25. The van der Waals surface area contributed by atoms with Gasteiger partial charge < -0.3 is 4.98 Å². The van der Waals surface area contributed by atoms with E-state index >= 15 is 0 Å². The fraction of sp³-hybridized carbons (Fsp3) is 0. The van der Waals surface area contributed by atoms with E-state index in [0.29, 0.717) is 21.9 Å². The average molecular weight is 288 g/mol. The molecule has 0 spiro atoms. The quantitative estimate of drug-likeness (QED) is 0.501. The Morgan fingerprint density at radius 1 is 1.25 bits per heavy atom. The molecule has 0 aliphatic carbocycles. The maximum absolute atomic E-state index is 11.4. The van der Waals surface area contributed by atoms with Crippen LogP contribution in [0.15, 0.2) is 42.5 Å². The molecule has 3 aromatic rings. The summed E-state index contributed by atoms with van der Waals surface area (Å²) in [6.45, 7) is 0. The Labute approximate surface area is 119 Å². The number of aromatic nitrogens is 2. The second-order valence-electron chi connectivity index (χ2n) is 4.27. The predicted molar refractivity (Wildman–Crippen MR) is 75.8 cm³/mol. The van der Waals surface area contributed by atoms with Crippen LogP contribution >= 0.6 is 11.6 Å². The average Bonchev–Trinajstić information content (AvgIpc) is 2.89. The minimum Gasteiger partial charge on any atom is -0.338 e. The van der Waals surface area contributed by atoms with Gasteiger partial charge in [-0.15, -0.1) is 0 Å². The number of halogens is 1. The van der Waals surface area contributed by atoms with Gasteiger partial charge in [0.05, 0.1) is 11.0 Å². The van der Waals surface area contributed by atoms with Crippen LogP contribution in [0.4, 0.5) is 0 Å². The highest BCUT2D eigenvalue weighted by atomic mass is 35.5. The molecule has 3 rings (SSSR count). The van der Waals surface area contributed by atoms with Crippen LogP contribution in [0.2, 0.25) is 5.02 Å². The molecule has 0 aliphatic rings. The number of nitrogens with one attached hydrogen (secondary N) is 2. The van der Waals surface area contributed by atoms with Gasteiger partial charge in [-0.1, -0.05) is 23.7 Å². The van der Waals surface area contributed by atoms with Gasteiger partial charge in [-0.25, -0.2) is 10.5 Å². The summed E-state index contributed by atoms with van der Waals surface area (Å²) in [4.78, 5) is 18.9. The summed E-state index contributed by atoms with van der Waals surface area (Å²) < 4.78 is 0. The van der Waals surface area contributed by atoms with E-state index in [1.165, 1.54) is 0 Å². The molecule has 0 bridgehead atoms. The molecule has 100 valence electrons. The topological polar surface area (TPSA) is 78.0 Å². The van der Waals surface area contributed by atoms with Crippen molar-refractivity contribution in [2.24, 2.45) is 0 Å². The summed E-state index contributed by atoms with van der Waals surface area (Å²) in [6, 6.07) is 12.3. The van der Waals surface area contributed by atoms with Gasteiger partial charge in [-0.3, -0.25) is 10.0 Å². The lowest BCUT2D eigenvalue weighted by Gasteiger charge is -1.97. The number of H-pyrrole nitrogens is 1. The van der Waals surface area contributed by atoms with Gasteiger partial charge in [-0.2, -0.15) is 0 Å². The highest BCUT2D eigenvalue weighted by Crippen LogP contribution is 2.23. The van der Waals surface area contributed by atoms with Crippen molar-refractivity contribution in [2.75, 3.05) is 0 Å². The summed E-state index contributed by atoms with van der Waals surface area (Å²) in [7, 11) is 0. The van der Waals surface area contributed by atoms with Crippen LogP contribution < -0.4 is 5.48 Å². The Bertz CT molecular complexity index is 798. The van der Waals surface area contributed by atoms with E-state index in [-0.39, 0.29) is 0 Å². The Kier molecular flexibility index (Phi) is 3.14. The summed E-state index contributed by atoms with van der Waals surface area (Å²) in [5.74, 6) is 0.106. The number of nitrogens with zero attached hydrogens (tertiary/aromatic N) is 1. The fourth-order valence-corrected chi connectivity index (χ4v) is 2.18. The maximum atomic E-state index is 11.4. The molecule has 3 N–H and O–H groups in total. The third-order valence-electron chi connectivity index (χ3n) is 2.94. The van der Waals surface area contributed by atoms with Crippen molar-refractivity contribution < 1.29 is 10.0 Å². The van der Waals surface area contributed by atoms with Gasteiger partial charge in [0.25, 0.3) is 5.91 Å². The Balaban J connectivity index is 2.09. The predicted octanol–water partition coefficient (Wildman–Crippen LogP) is 3.00. The second-order valence-corrected chi connectivity index (χ2v) is 4.71. The van der Waals surface area contributed by atoms with E-state index in [4.69, 9.17) is 16.8 Å². The zero-order valence-electron chi connectivity index (χ0n) is 10.2. The van der Waals surface area contributed by atoms with Gasteiger partial charge >= 0.3 is 0 Å². The molecule has 1 heterocycles. The third kappa shape index (κ3) is 2.24. The number of rotatable bonds is 2. The third-order valence-corrected chi connectivity index (χ3v) is 3.18. The van der Waals surface area contributed by atoms with Crippen molar-refractivity contribution in [2.45, 2.75) is 0 Å². The minimum absolute atomic E-state index is 0.348. The summed E-state index contributed by atoms with van der Waals surface area (Å²) in [6.07, 6.45) is 0. The van der Waals surface area contributed by atoms with E-state index in [1.807, 2.05) is 12.1 Å². The molecule has 2 aromatic carbocycles. The van der Waals surface area contributed by atoms with E-state index < -0.39 is 5.91 Å². The molecule has 5 nitrogen and oxygen atoms in total. The SMILES string of the molecule is O=C(NO)c1ccc2nc(-c3cccc(Cl)c3)[nH]c2c1. The van der Waals surface area contributed by atoms with E-state index in [0.717, 1.165) is 11.1 Å². The lowest BCUT2D eigenvalue weighted by molar-refractivity contribution is 0.0706. The normalized spacial score (nSPS) is 10.7. The Morgan fingerprint density at radius 2 is 2.10 bits per heavy atom. The molecule has 0 unspecified atom stereocenters. The van der Waals surface area contributed by atoms with E-state index in [9.17, 15) is 4.79 Å². The monoisotopic (exact) mass is 287 g/mol. The first-order valence-corrected chi connectivity index (χ1v) is 6.25. The van der Waals surface area contributed by atoms with Crippen LogP contribution in [0.25, 0.3) is 22.4 Å². The van der Waals surface area contributed by atoms with Gasteiger partial charge in [0.1, 0.15) is 5.82 Å². The first kappa shape index (κ1) is 12.7. The minimum atomic E-state index is -0.564. The Morgan fingerprint density at radius 3 is 2.85 bits per heavy atom. The molecule has 0 aliphatic heterocycles. The van der Waals surface area contributed by atoms with E-state index in [2.05, 4.69) is 9.97 Å². The lowest BCUT2D eigenvalue weighted by atomic mass is 10.2. The lowest BCUT2D eigenvalue weighted by Crippen LogP contribution is -2.18. The first-order chi connectivity index (χ1) is 9.67. The van der Waals surface area contributed by atoms with Crippen LogP contribution in [-0.2, 0) is 0 Å². The molecule has 6 heteroatoms. The number of imidazole rings is 1. The smallest absolute Gasteiger partial charge is 0.274 e. The Hall–Kier alpha value is -2.37. The number of hydrogen-bond acceptors (Lipinski definition) is 3. The molecule has 0 fully saturated rings. The van der Waals surface area contributed by atoms with Crippen molar-refractivity contribution in [3.63, 3.8) is 0 Å². The zero-order chi connectivity index (χ0) is 14.1. The number of carbonyl (C=O) groups is 1. The van der Waals surface area contributed by atoms with E-state index in [1.54, 1.807) is 35.8 Å². The van der Waals surface area contributed by atoms with Crippen LogP contribution in [0.5, 0.6) is 0 Å². The highest BCUT2D eigenvalue weighted by Gasteiger charge is 2.09. The molecule has 1 amide bonds. The molecular weight excluding hydrogens is 278 g/mol. The zero-order valence-corrected chi connectivity index (χ0v) is 11.0. The summed E-state index contributed by atoms with van der Waals surface area (Å²) in [5, 5.41) is 9.26. The molecule has 0 saturated carbocycles. The number of amides is 1. The van der Waals surface area contributed by atoms with Crippen molar-refractivity contribution >= 4 is 28.5 Å². The number of benzene rings is 2. The van der Waals surface area contributed by atoms with Crippen LogP contribution in [-0.4, -0.2) is 21.1 Å². The van der Waals surface area contributed by atoms with Gasteiger partial charge in [0.15, 0.2) is 0 Å². The van der Waals surface area contributed by atoms with Crippen molar-refractivity contribution in [1.29, 1.82) is 0 Å². The molecule has 0 atom stereocenters. The number of hydrogen-bond donors (Lipinski definition) is 3. The highest BCUT2D eigenvalue weighted by molar-refractivity contribution is 6.30. The summed E-state index contributed by atoms with van der Waals surface area (Å²) >= 11 is 5.96. The molecule has 20 heavy (non-hydrogen) atoms. The second kappa shape index (κ2) is 4.96.